The Kier molecular flexibility index (Phi) is 7.82. The lowest BCUT2D eigenvalue weighted by molar-refractivity contribution is -0.140. The van der Waals surface area contributed by atoms with Gasteiger partial charge in [0.25, 0.3) is 5.91 Å². The lowest BCUT2D eigenvalue weighted by Crippen LogP contribution is -2.31. The van der Waals surface area contributed by atoms with Crippen molar-refractivity contribution in [2.75, 3.05) is 6.54 Å². The van der Waals surface area contributed by atoms with Crippen LogP contribution in [0.15, 0.2) is 65.3 Å². The van der Waals surface area contributed by atoms with Crippen molar-refractivity contribution < 1.29 is 27.9 Å². The maximum absolute atomic E-state index is 13.0. The number of halogens is 4. The summed E-state index contributed by atoms with van der Waals surface area (Å²) in [5.41, 5.74) is 4.43. The Labute approximate surface area is 181 Å². The number of aliphatic carboxylic acids is 1. The molecule has 2 rings (SSSR count). The van der Waals surface area contributed by atoms with Gasteiger partial charge in [0.05, 0.1) is 22.3 Å². The summed E-state index contributed by atoms with van der Waals surface area (Å²) in [7, 11) is 0. The Morgan fingerprint density at radius 3 is 2.29 bits per heavy atom. The number of benzene rings is 2. The van der Waals surface area contributed by atoms with Gasteiger partial charge in [0.1, 0.15) is 5.70 Å². The Morgan fingerprint density at radius 1 is 1.16 bits per heavy atom. The van der Waals surface area contributed by atoms with E-state index in [1.165, 1.54) is 37.3 Å². The number of hydrogen-bond acceptors (Lipinski definition) is 4. The number of allylic oxidation sites excluding steroid dienone is 2. The summed E-state index contributed by atoms with van der Waals surface area (Å²) in [5, 5.41) is 11.6. The van der Waals surface area contributed by atoms with Gasteiger partial charge in [0, 0.05) is 17.7 Å². The number of amides is 1. The van der Waals surface area contributed by atoms with Crippen molar-refractivity contribution in [3.05, 3.63) is 76.5 Å². The molecule has 0 aliphatic carbocycles. The van der Waals surface area contributed by atoms with Gasteiger partial charge in [-0.2, -0.15) is 13.2 Å². The van der Waals surface area contributed by atoms with Crippen LogP contribution in [0.4, 0.5) is 18.9 Å². The van der Waals surface area contributed by atoms with Crippen LogP contribution in [0.2, 0.25) is 5.02 Å². The fourth-order valence-electron chi connectivity index (χ4n) is 2.31. The normalized spacial score (nSPS) is 13.6. The van der Waals surface area contributed by atoms with Crippen molar-refractivity contribution in [1.29, 1.82) is 0 Å². The molecule has 0 bridgehead atoms. The van der Waals surface area contributed by atoms with Crippen LogP contribution in [0.5, 0.6) is 0 Å². The molecule has 31 heavy (non-hydrogen) atoms. The van der Waals surface area contributed by atoms with E-state index in [9.17, 15) is 22.8 Å². The average Bonchev–Trinajstić information content (AvgIpc) is 2.72. The number of aliphatic imine (C=N–C) groups is 1. The predicted molar refractivity (Wildman–Crippen MR) is 112 cm³/mol. The van der Waals surface area contributed by atoms with Crippen molar-refractivity contribution >= 4 is 34.9 Å². The molecule has 0 saturated carbocycles. The van der Waals surface area contributed by atoms with Crippen molar-refractivity contribution in [3.8, 4) is 0 Å². The first kappa shape index (κ1) is 23.9. The third-order valence-corrected chi connectivity index (χ3v) is 4.47. The largest absolute Gasteiger partial charge is 0.481 e. The summed E-state index contributed by atoms with van der Waals surface area (Å²) in [6.45, 7) is 1.38. The number of carboxylic acids is 1. The smallest absolute Gasteiger partial charge is 0.430 e. The number of nitrogens with zero attached hydrogens (tertiary/aromatic N) is 1. The molecule has 0 radical (unpaired) electrons. The maximum Gasteiger partial charge on any atom is 0.430 e. The number of carbonyl (C=O) groups excluding carboxylic acids is 1. The lowest BCUT2D eigenvalue weighted by Gasteiger charge is -2.11. The van der Waals surface area contributed by atoms with E-state index < -0.39 is 29.7 Å². The number of rotatable bonds is 7. The molecule has 6 nitrogen and oxygen atoms in total. The topological polar surface area (TPSA) is 105 Å². The molecule has 0 aromatic heterocycles. The number of carbonyl (C=O) groups is 2. The van der Waals surface area contributed by atoms with Gasteiger partial charge in [-0.25, -0.2) is 4.99 Å². The SMILES string of the molecule is CC(CNC(=O)c1ccc(C(/C=C(\N)C(F)(F)F)=Nc2ccccc2Cl)cc1)C(=O)O. The van der Waals surface area contributed by atoms with E-state index in [-0.39, 0.29) is 34.1 Å². The number of nitrogens with one attached hydrogen (secondary N) is 1. The molecule has 0 aliphatic heterocycles. The quantitative estimate of drug-likeness (QED) is 0.543. The highest BCUT2D eigenvalue weighted by atomic mass is 35.5. The van der Waals surface area contributed by atoms with Gasteiger partial charge >= 0.3 is 12.1 Å². The standard InChI is InChI=1S/C21H19ClF3N3O3/c1-12(20(30)31)11-27-19(29)14-8-6-13(7-9-14)17(10-18(26)21(23,24)25)28-16-5-3-2-4-15(16)22/h2-10,12H,11,26H2,1H3,(H,27,29)(H,30,31)/b18-10-,28-17?. The maximum atomic E-state index is 13.0. The molecule has 4 N–H and O–H groups in total. The zero-order valence-corrected chi connectivity index (χ0v) is 17.0. The van der Waals surface area contributed by atoms with Crippen molar-refractivity contribution in [2.24, 2.45) is 16.6 Å². The molecular weight excluding hydrogens is 435 g/mol. The van der Waals surface area contributed by atoms with E-state index in [1.54, 1.807) is 18.2 Å². The van der Waals surface area contributed by atoms with Gasteiger partial charge < -0.3 is 16.2 Å². The minimum atomic E-state index is -4.75. The van der Waals surface area contributed by atoms with E-state index in [0.717, 1.165) is 0 Å². The first-order chi connectivity index (χ1) is 14.5. The van der Waals surface area contributed by atoms with Gasteiger partial charge in [0.2, 0.25) is 0 Å². The number of nitrogens with two attached hydrogens (primary N) is 1. The van der Waals surface area contributed by atoms with Crippen LogP contribution < -0.4 is 11.1 Å². The van der Waals surface area contributed by atoms with Crippen LogP contribution in [0.1, 0.15) is 22.8 Å². The summed E-state index contributed by atoms with van der Waals surface area (Å²) < 4.78 is 38.9. The second-order valence-corrected chi connectivity index (χ2v) is 6.98. The Balaban J connectivity index is 2.36. The molecule has 2 aromatic rings. The van der Waals surface area contributed by atoms with Crippen LogP contribution in [0.25, 0.3) is 0 Å². The number of para-hydroxylation sites is 1. The van der Waals surface area contributed by atoms with Gasteiger partial charge in [-0.3, -0.25) is 9.59 Å². The number of alkyl halides is 3. The highest BCUT2D eigenvalue weighted by Crippen LogP contribution is 2.27. The zero-order chi connectivity index (χ0) is 23.2. The summed E-state index contributed by atoms with van der Waals surface area (Å²) >= 11 is 6.06. The molecule has 2 aromatic carbocycles. The third kappa shape index (κ3) is 6.85. The Bertz CT molecular complexity index is 1020. The number of carboxylic acid groups (broad SMARTS) is 1. The highest BCUT2D eigenvalue weighted by Gasteiger charge is 2.31. The van der Waals surface area contributed by atoms with Crippen molar-refractivity contribution in [2.45, 2.75) is 13.1 Å². The predicted octanol–water partition coefficient (Wildman–Crippen LogP) is 4.32. The highest BCUT2D eigenvalue weighted by molar-refractivity contribution is 6.33. The molecule has 0 fully saturated rings. The van der Waals surface area contributed by atoms with E-state index in [2.05, 4.69) is 10.3 Å². The van der Waals surface area contributed by atoms with E-state index in [1.807, 2.05) is 0 Å². The summed E-state index contributed by atoms with van der Waals surface area (Å²) in [6.07, 6.45) is -4.06. The molecule has 0 spiro atoms. The third-order valence-electron chi connectivity index (χ3n) is 4.15. The molecule has 1 unspecified atom stereocenters. The molecule has 1 amide bonds. The monoisotopic (exact) mass is 453 g/mol. The molecule has 0 saturated heterocycles. The van der Waals surface area contributed by atoms with Crippen molar-refractivity contribution in [1.82, 2.24) is 5.32 Å². The van der Waals surface area contributed by atoms with Gasteiger partial charge in [-0.1, -0.05) is 42.8 Å². The second-order valence-electron chi connectivity index (χ2n) is 6.57. The second kappa shape index (κ2) is 10.1. The van der Waals surface area contributed by atoms with Crippen LogP contribution >= 0.6 is 11.6 Å². The average molecular weight is 454 g/mol. The molecular formula is C21H19ClF3N3O3. The molecule has 1 atom stereocenters. The fourth-order valence-corrected chi connectivity index (χ4v) is 2.49. The van der Waals surface area contributed by atoms with Gasteiger partial charge in [0.15, 0.2) is 0 Å². The first-order valence-corrected chi connectivity index (χ1v) is 9.36. The van der Waals surface area contributed by atoms with Gasteiger partial charge in [-0.05, 0) is 30.3 Å². The molecule has 164 valence electrons. The fraction of sp³-hybridized carbons (Fsp3) is 0.190. The van der Waals surface area contributed by atoms with Crippen molar-refractivity contribution in [3.63, 3.8) is 0 Å². The zero-order valence-electron chi connectivity index (χ0n) is 16.3. The number of hydrogen-bond donors (Lipinski definition) is 3. The molecule has 10 heteroatoms. The minimum absolute atomic E-state index is 0.0695. The lowest BCUT2D eigenvalue weighted by atomic mass is 10.1. The Morgan fingerprint density at radius 2 is 1.74 bits per heavy atom. The summed E-state index contributed by atoms with van der Waals surface area (Å²) in [4.78, 5) is 27.2. The van der Waals surface area contributed by atoms with Gasteiger partial charge in [-0.15, -0.1) is 0 Å². The van der Waals surface area contributed by atoms with E-state index in [0.29, 0.717) is 6.08 Å². The van der Waals surface area contributed by atoms with E-state index >= 15 is 0 Å². The Hall–Kier alpha value is -3.33. The van der Waals surface area contributed by atoms with Crippen LogP contribution in [0.3, 0.4) is 0 Å². The van der Waals surface area contributed by atoms with Crippen LogP contribution in [-0.4, -0.2) is 35.4 Å². The van der Waals surface area contributed by atoms with E-state index in [4.69, 9.17) is 22.4 Å². The summed E-state index contributed by atoms with van der Waals surface area (Å²) in [6, 6.07) is 11.9. The molecule has 0 heterocycles. The van der Waals surface area contributed by atoms with Crippen LogP contribution in [-0.2, 0) is 4.79 Å². The van der Waals surface area contributed by atoms with Crippen LogP contribution in [0, 0.1) is 5.92 Å². The molecule has 0 aliphatic rings. The minimum Gasteiger partial charge on any atom is -0.481 e. The first-order valence-electron chi connectivity index (χ1n) is 8.98. The summed E-state index contributed by atoms with van der Waals surface area (Å²) in [5.74, 6) is -2.34.